The summed E-state index contributed by atoms with van der Waals surface area (Å²) < 4.78 is 4.98. The molecule has 0 heterocycles. The Morgan fingerprint density at radius 3 is 2.60 bits per heavy atom. The van der Waals surface area contributed by atoms with Gasteiger partial charge in [0.25, 0.3) is 5.91 Å². The molecule has 0 aromatic heterocycles. The molecule has 0 saturated heterocycles. The van der Waals surface area contributed by atoms with E-state index in [4.69, 9.17) is 10.00 Å². The number of esters is 1. The maximum Gasteiger partial charge on any atom is 0.338 e. The molecule has 2 rings (SSSR count). The molecular weight excluding hydrogens is 316 g/mol. The molecule has 5 heteroatoms. The first-order valence-corrected chi connectivity index (χ1v) is 8.18. The number of carbonyl (C=O) groups excluding carboxylic acids is 2. The van der Waals surface area contributed by atoms with Crippen LogP contribution < -0.4 is 5.32 Å². The minimum atomic E-state index is -0.637. The van der Waals surface area contributed by atoms with Gasteiger partial charge in [-0.15, -0.1) is 0 Å². The summed E-state index contributed by atoms with van der Waals surface area (Å²) in [5.74, 6) is -1.05. The predicted octanol–water partition coefficient (Wildman–Crippen LogP) is 3.70. The van der Waals surface area contributed by atoms with Gasteiger partial charge in [0, 0.05) is 5.69 Å². The normalized spacial score (nSPS) is 9.92. The van der Waals surface area contributed by atoms with E-state index in [1.165, 1.54) is 17.7 Å². The van der Waals surface area contributed by atoms with Crippen LogP contribution in [0.4, 0.5) is 5.69 Å². The Balaban J connectivity index is 1.83. The van der Waals surface area contributed by atoms with E-state index in [2.05, 4.69) is 12.2 Å². The fourth-order valence-corrected chi connectivity index (χ4v) is 2.26. The summed E-state index contributed by atoms with van der Waals surface area (Å²) in [6.07, 6.45) is 3.29. The van der Waals surface area contributed by atoms with Gasteiger partial charge < -0.3 is 10.1 Å². The van der Waals surface area contributed by atoms with Gasteiger partial charge in [0.2, 0.25) is 0 Å². The average molecular weight is 336 g/mol. The Hall–Kier alpha value is -3.13. The molecule has 2 aromatic rings. The van der Waals surface area contributed by atoms with Crippen LogP contribution in [0.15, 0.2) is 48.5 Å². The summed E-state index contributed by atoms with van der Waals surface area (Å²) in [7, 11) is 0. The quantitative estimate of drug-likeness (QED) is 0.782. The Labute approximate surface area is 147 Å². The number of nitrogens with one attached hydrogen (secondary N) is 1. The number of nitrogens with zero attached hydrogens (tertiary/aromatic N) is 1. The highest BCUT2D eigenvalue weighted by molar-refractivity contribution is 5.95. The standard InChI is InChI=1S/C20H20N2O3/c1-2-3-5-15-8-10-18(11-9-15)22-19(23)14-25-20(24)17-7-4-6-16(12-17)13-21/h4,6-12H,2-3,5,14H2,1H3,(H,22,23). The van der Waals surface area contributed by atoms with Crippen LogP contribution in [0.1, 0.15) is 41.3 Å². The molecule has 0 radical (unpaired) electrons. The highest BCUT2D eigenvalue weighted by Gasteiger charge is 2.11. The van der Waals surface area contributed by atoms with Crippen LogP contribution in [0.3, 0.4) is 0 Å². The fourth-order valence-electron chi connectivity index (χ4n) is 2.26. The van der Waals surface area contributed by atoms with Gasteiger partial charge in [0.05, 0.1) is 17.2 Å². The molecule has 0 unspecified atom stereocenters. The molecule has 128 valence electrons. The third-order valence-corrected chi connectivity index (χ3v) is 3.62. The van der Waals surface area contributed by atoms with E-state index in [0.29, 0.717) is 11.3 Å². The third kappa shape index (κ3) is 5.78. The summed E-state index contributed by atoms with van der Waals surface area (Å²) in [6, 6.07) is 15.7. The topological polar surface area (TPSA) is 79.2 Å². The van der Waals surface area contributed by atoms with Crippen molar-refractivity contribution in [1.82, 2.24) is 0 Å². The van der Waals surface area contributed by atoms with Crippen LogP contribution in [0, 0.1) is 11.3 Å². The fraction of sp³-hybridized carbons (Fsp3) is 0.250. The molecule has 0 saturated carbocycles. The SMILES string of the molecule is CCCCc1ccc(NC(=O)COC(=O)c2cccc(C#N)c2)cc1. The van der Waals surface area contributed by atoms with Gasteiger partial charge in [-0.3, -0.25) is 4.79 Å². The minimum Gasteiger partial charge on any atom is -0.452 e. The molecule has 1 amide bonds. The minimum absolute atomic E-state index is 0.243. The number of carbonyl (C=O) groups is 2. The number of hydrogen-bond donors (Lipinski definition) is 1. The zero-order chi connectivity index (χ0) is 18.1. The lowest BCUT2D eigenvalue weighted by molar-refractivity contribution is -0.119. The van der Waals surface area contributed by atoms with E-state index in [1.807, 2.05) is 30.3 Å². The summed E-state index contributed by atoms with van der Waals surface area (Å²) in [6.45, 7) is 1.76. The van der Waals surface area contributed by atoms with Gasteiger partial charge in [-0.1, -0.05) is 31.5 Å². The van der Waals surface area contributed by atoms with Crippen molar-refractivity contribution in [1.29, 1.82) is 5.26 Å². The molecule has 25 heavy (non-hydrogen) atoms. The zero-order valence-corrected chi connectivity index (χ0v) is 14.1. The molecule has 0 aliphatic heterocycles. The number of aryl methyl sites for hydroxylation is 1. The maximum absolute atomic E-state index is 11.9. The van der Waals surface area contributed by atoms with Crippen LogP contribution in [-0.2, 0) is 16.0 Å². The lowest BCUT2D eigenvalue weighted by Crippen LogP contribution is -2.21. The summed E-state index contributed by atoms with van der Waals surface area (Å²) in [5.41, 5.74) is 2.49. The highest BCUT2D eigenvalue weighted by atomic mass is 16.5. The van der Waals surface area contributed by atoms with Crippen LogP contribution in [0.25, 0.3) is 0 Å². The lowest BCUT2D eigenvalue weighted by atomic mass is 10.1. The molecule has 1 N–H and O–H groups in total. The summed E-state index contributed by atoms with van der Waals surface area (Å²) in [4.78, 5) is 23.8. The molecule has 0 aliphatic rings. The molecule has 0 bridgehead atoms. The van der Waals surface area contributed by atoms with Crippen molar-refractivity contribution < 1.29 is 14.3 Å². The lowest BCUT2D eigenvalue weighted by Gasteiger charge is -2.08. The van der Waals surface area contributed by atoms with Crippen molar-refractivity contribution in [2.75, 3.05) is 11.9 Å². The summed E-state index contributed by atoms with van der Waals surface area (Å²) >= 11 is 0. The van der Waals surface area contributed by atoms with E-state index >= 15 is 0 Å². The van der Waals surface area contributed by atoms with E-state index in [1.54, 1.807) is 12.1 Å². The van der Waals surface area contributed by atoms with Crippen molar-refractivity contribution in [3.8, 4) is 6.07 Å². The van der Waals surface area contributed by atoms with E-state index in [9.17, 15) is 9.59 Å². The Kier molecular flexibility index (Phi) is 6.73. The van der Waals surface area contributed by atoms with Crippen molar-refractivity contribution >= 4 is 17.6 Å². The number of anilines is 1. The smallest absolute Gasteiger partial charge is 0.338 e. The first-order chi connectivity index (χ1) is 12.1. The van der Waals surface area contributed by atoms with Crippen molar-refractivity contribution in [2.24, 2.45) is 0 Å². The largest absolute Gasteiger partial charge is 0.452 e. The molecule has 0 atom stereocenters. The average Bonchev–Trinajstić information content (AvgIpc) is 2.65. The van der Waals surface area contributed by atoms with Gasteiger partial charge in [-0.05, 0) is 48.7 Å². The van der Waals surface area contributed by atoms with Crippen molar-refractivity contribution in [3.63, 3.8) is 0 Å². The number of ether oxygens (including phenoxy) is 1. The first kappa shape index (κ1) is 18.2. The van der Waals surface area contributed by atoms with Crippen LogP contribution in [-0.4, -0.2) is 18.5 Å². The molecule has 0 aliphatic carbocycles. The Bertz CT molecular complexity index is 776. The summed E-state index contributed by atoms with van der Waals surface area (Å²) in [5, 5.41) is 11.5. The van der Waals surface area contributed by atoms with Crippen LogP contribution >= 0.6 is 0 Å². The van der Waals surface area contributed by atoms with E-state index < -0.39 is 11.9 Å². The zero-order valence-electron chi connectivity index (χ0n) is 14.1. The van der Waals surface area contributed by atoms with Gasteiger partial charge >= 0.3 is 5.97 Å². The molecule has 2 aromatic carbocycles. The number of hydrogen-bond acceptors (Lipinski definition) is 4. The van der Waals surface area contributed by atoms with E-state index in [0.717, 1.165) is 19.3 Å². The second kappa shape index (κ2) is 9.24. The van der Waals surface area contributed by atoms with Crippen LogP contribution in [0.2, 0.25) is 0 Å². The number of unbranched alkanes of at least 4 members (excludes halogenated alkanes) is 1. The van der Waals surface area contributed by atoms with Crippen molar-refractivity contribution in [3.05, 3.63) is 65.2 Å². The van der Waals surface area contributed by atoms with Crippen molar-refractivity contribution in [2.45, 2.75) is 26.2 Å². The number of amides is 1. The molecule has 0 fully saturated rings. The Morgan fingerprint density at radius 2 is 1.92 bits per heavy atom. The monoisotopic (exact) mass is 336 g/mol. The highest BCUT2D eigenvalue weighted by Crippen LogP contribution is 2.12. The second-order valence-corrected chi connectivity index (χ2v) is 5.62. The van der Waals surface area contributed by atoms with Crippen LogP contribution in [0.5, 0.6) is 0 Å². The molecular formula is C20H20N2O3. The van der Waals surface area contributed by atoms with Gasteiger partial charge in [-0.2, -0.15) is 5.26 Å². The first-order valence-electron chi connectivity index (χ1n) is 8.18. The number of benzene rings is 2. The van der Waals surface area contributed by atoms with E-state index in [-0.39, 0.29) is 12.2 Å². The van der Waals surface area contributed by atoms with Gasteiger partial charge in [-0.25, -0.2) is 4.79 Å². The predicted molar refractivity (Wildman–Crippen MR) is 95.1 cm³/mol. The molecule has 5 nitrogen and oxygen atoms in total. The maximum atomic E-state index is 11.9. The molecule has 0 spiro atoms. The van der Waals surface area contributed by atoms with Gasteiger partial charge in [0.1, 0.15) is 0 Å². The second-order valence-electron chi connectivity index (χ2n) is 5.62. The number of nitriles is 1. The third-order valence-electron chi connectivity index (χ3n) is 3.62. The Morgan fingerprint density at radius 1 is 1.16 bits per heavy atom. The number of rotatable bonds is 7. The van der Waals surface area contributed by atoms with Gasteiger partial charge in [0.15, 0.2) is 6.61 Å².